The van der Waals surface area contributed by atoms with E-state index in [1.165, 1.54) is 25.7 Å². The molecule has 8 nitrogen and oxygen atoms in total. The number of aromatic nitrogens is 2. The van der Waals surface area contributed by atoms with Crippen molar-refractivity contribution in [2.45, 2.75) is 16.3 Å². The van der Waals surface area contributed by atoms with E-state index in [2.05, 4.69) is 4.98 Å². The smallest absolute Gasteiger partial charge is 0.262 e. The molecule has 1 saturated heterocycles. The topological polar surface area (TPSA) is 92.6 Å². The molecule has 148 valence electrons. The molecule has 0 amide bonds. The molecule has 0 radical (unpaired) electrons. The third-order valence-electron chi connectivity index (χ3n) is 4.23. The summed E-state index contributed by atoms with van der Waals surface area (Å²) < 4.78 is 68.2. The van der Waals surface area contributed by atoms with Crippen molar-refractivity contribution in [2.75, 3.05) is 26.2 Å². The lowest BCUT2D eigenvalue weighted by Gasteiger charge is -2.21. The van der Waals surface area contributed by atoms with Gasteiger partial charge in [0.2, 0.25) is 10.0 Å². The molecule has 2 aromatic rings. The van der Waals surface area contributed by atoms with Gasteiger partial charge >= 0.3 is 0 Å². The summed E-state index contributed by atoms with van der Waals surface area (Å²) in [6, 6.07) is 3.19. The van der Waals surface area contributed by atoms with E-state index in [0.717, 1.165) is 18.2 Å². The van der Waals surface area contributed by atoms with Gasteiger partial charge in [-0.25, -0.2) is 26.2 Å². The van der Waals surface area contributed by atoms with Gasteiger partial charge in [0.15, 0.2) is 5.03 Å². The highest BCUT2D eigenvalue weighted by Crippen LogP contribution is 2.24. The van der Waals surface area contributed by atoms with Crippen LogP contribution in [0.2, 0.25) is 5.02 Å². The molecule has 1 aliphatic rings. The molecular weight excluding hydrogens is 419 g/mol. The monoisotopic (exact) mass is 436 g/mol. The maximum Gasteiger partial charge on any atom is 0.262 e. The number of nitrogens with zero attached hydrogens (tertiary/aromatic N) is 4. The number of rotatable bonds is 4. The highest BCUT2D eigenvalue weighted by Gasteiger charge is 2.32. The normalized spacial score (nSPS) is 17.7. The second kappa shape index (κ2) is 7.47. The molecule has 0 spiro atoms. The lowest BCUT2D eigenvalue weighted by Crippen LogP contribution is -2.37. The minimum absolute atomic E-state index is 0.00688. The molecule has 1 fully saturated rings. The number of benzene rings is 1. The molecule has 12 heteroatoms. The molecule has 0 unspecified atom stereocenters. The summed E-state index contributed by atoms with van der Waals surface area (Å²) in [4.78, 5) is 3.75. The van der Waals surface area contributed by atoms with Crippen molar-refractivity contribution in [2.24, 2.45) is 7.05 Å². The Kier molecular flexibility index (Phi) is 5.59. The molecule has 1 aromatic carbocycles. The van der Waals surface area contributed by atoms with Crippen molar-refractivity contribution in [1.82, 2.24) is 18.2 Å². The van der Waals surface area contributed by atoms with Crippen molar-refractivity contribution in [3.63, 3.8) is 0 Å². The first-order valence-electron chi connectivity index (χ1n) is 8.06. The number of hydrogen-bond acceptors (Lipinski definition) is 5. The van der Waals surface area contributed by atoms with Gasteiger partial charge in [0.25, 0.3) is 10.0 Å². The standard InChI is InChI=1S/C15H18ClFN4O4S2/c1-19-10-15(18-11-19)27(24,25)21-6-2-5-20(7-8-21)26(22,23)12-3-4-14(17)13(16)9-12/h3-4,9-11H,2,5-8H2,1H3. The number of hydrogen-bond donors (Lipinski definition) is 0. The Hall–Kier alpha value is -1.53. The van der Waals surface area contributed by atoms with Gasteiger partial charge in [0, 0.05) is 39.4 Å². The Morgan fingerprint density at radius 1 is 1.04 bits per heavy atom. The minimum Gasteiger partial charge on any atom is -0.339 e. The molecule has 0 aliphatic carbocycles. The van der Waals surface area contributed by atoms with Gasteiger partial charge in [-0.3, -0.25) is 0 Å². The van der Waals surface area contributed by atoms with E-state index < -0.39 is 25.9 Å². The van der Waals surface area contributed by atoms with E-state index in [4.69, 9.17) is 11.6 Å². The van der Waals surface area contributed by atoms with E-state index >= 15 is 0 Å². The summed E-state index contributed by atoms with van der Waals surface area (Å²) in [6.07, 6.45) is 3.11. The first-order valence-corrected chi connectivity index (χ1v) is 11.3. The third-order valence-corrected chi connectivity index (χ3v) is 8.20. The van der Waals surface area contributed by atoms with Crippen LogP contribution in [0.4, 0.5) is 4.39 Å². The van der Waals surface area contributed by atoms with Crippen LogP contribution < -0.4 is 0 Å². The van der Waals surface area contributed by atoms with Crippen LogP contribution in [-0.2, 0) is 27.1 Å². The second-order valence-electron chi connectivity index (χ2n) is 6.12. The highest BCUT2D eigenvalue weighted by molar-refractivity contribution is 7.89. The summed E-state index contributed by atoms with van der Waals surface area (Å²) in [7, 11) is -6.05. The predicted molar refractivity (Wildman–Crippen MR) is 96.8 cm³/mol. The fourth-order valence-electron chi connectivity index (χ4n) is 2.79. The Morgan fingerprint density at radius 2 is 1.67 bits per heavy atom. The van der Waals surface area contributed by atoms with Gasteiger partial charge in [-0.2, -0.15) is 8.61 Å². The second-order valence-corrected chi connectivity index (χ2v) is 10.3. The Balaban J connectivity index is 1.81. The molecule has 1 aromatic heterocycles. The summed E-state index contributed by atoms with van der Waals surface area (Å²) in [5.41, 5.74) is 0. The number of imidazole rings is 1. The van der Waals surface area contributed by atoms with Crippen LogP contribution in [0, 0.1) is 5.82 Å². The highest BCUT2D eigenvalue weighted by atomic mass is 35.5. The fraction of sp³-hybridized carbons (Fsp3) is 0.400. The molecule has 2 heterocycles. The van der Waals surface area contributed by atoms with Crippen LogP contribution in [0.15, 0.2) is 40.6 Å². The summed E-state index contributed by atoms with van der Waals surface area (Å²) in [6.45, 7) is 0.289. The molecule has 0 bridgehead atoms. The van der Waals surface area contributed by atoms with Crippen molar-refractivity contribution in [1.29, 1.82) is 0 Å². The quantitative estimate of drug-likeness (QED) is 0.720. The van der Waals surface area contributed by atoms with E-state index in [1.807, 2.05) is 0 Å². The average molecular weight is 437 g/mol. The lowest BCUT2D eigenvalue weighted by atomic mass is 10.3. The van der Waals surface area contributed by atoms with Crippen LogP contribution in [0.3, 0.4) is 0 Å². The van der Waals surface area contributed by atoms with Gasteiger partial charge < -0.3 is 4.57 Å². The predicted octanol–water partition coefficient (Wildman–Crippen LogP) is 1.30. The molecule has 0 N–H and O–H groups in total. The minimum atomic E-state index is -3.91. The van der Waals surface area contributed by atoms with Gasteiger partial charge in [-0.1, -0.05) is 11.6 Å². The molecule has 0 saturated carbocycles. The first-order chi connectivity index (χ1) is 12.6. The van der Waals surface area contributed by atoms with E-state index in [1.54, 1.807) is 7.05 Å². The van der Waals surface area contributed by atoms with Crippen molar-refractivity contribution < 1.29 is 21.2 Å². The zero-order valence-electron chi connectivity index (χ0n) is 14.4. The van der Waals surface area contributed by atoms with Gasteiger partial charge in [-0.05, 0) is 24.6 Å². The van der Waals surface area contributed by atoms with Gasteiger partial charge in [0.1, 0.15) is 5.82 Å². The lowest BCUT2D eigenvalue weighted by molar-refractivity contribution is 0.403. The summed E-state index contributed by atoms with van der Waals surface area (Å²) >= 11 is 5.69. The Morgan fingerprint density at radius 3 is 2.22 bits per heavy atom. The van der Waals surface area contributed by atoms with Crippen molar-refractivity contribution in [3.05, 3.63) is 41.6 Å². The summed E-state index contributed by atoms with van der Waals surface area (Å²) in [5, 5.41) is -0.364. The average Bonchev–Trinajstić information content (AvgIpc) is 2.90. The van der Waals surface area contributed by atoms with Crippen LogP contribution in [0.1, 0.15) is 6.42 Å². The maximum atomic E-state index is 13.3. The zero-order chi connectivity index (χ0) is 19.8. The maximum absolute atomic E-state index is 13.3. The van der Waals surface area contributed by atoms with Crippen LogP contribution in [-0.4, -0.2) is 61.2 Å². The number of halogens is 2. The Bertz CT molecular complexity index is 1060. The fourth-order valence-corrected chi connectivity index (χ4v) is 5.97. The van der Waals surface area contributed by atoms with E-state index in [9.17, 15) is 21.2 Å². The molecule has 27 heavy (non-hydrogen) atoms. The van der Waals surface area contributed by atoms with Crippen LogP contribution in [0.5, 0.6) is 0 Å². The number of sulfonamides is 2. The molecule has 3 rings (SSSR count). The van der Waals surface area contributed by atoms with Crippen LogP contribution in [0.25, 0.3) is 0 Å². The van der Waals surface area contributed by atoms with E-state index in [0.29, 0.717) is 6.42 Å². The third kappa shape index (κ3) is 4.02. The first kappa shape index (κ1) is 20.2. The zero-order valence-corrected chi connectivity index (χ0v) is 16.8. The molecule has 0 atom stereocenters. The number of aryl methyl sites for hydroxylation is 1. The molecule has 1 aliphatic heterocycles. The van der Waals surface area contributed by atoms with Gasteiger partial charge in [-0.15, -0.1) is 0 Å². The van der Waals surface area contributed by atoms with Crippen molar-refractivity contribution in [3.8, 4) is 0 Å². The summed E-state index contributed by atoms with van der Waals surface area (Å²) in [5.74, 6) is -0.709. The molecular formula is C15H18ClFN4O4S2. The largest absolute Gasteiger partial charge is 0.339 e. The SMILES string of the molecule is Cn1cnc(S(=O)(=O)N2CCCN(S(=O)(=O)c3ccc(F)c(Cl)c3)CC2)c1. The van der Waals surface area contributed by atoms with Crippen LogP contribution >= 0.6 is 11.6 Å². The Labute approximate surface area is 162 Å². The van der Waals surface area contributed by atoms with E-state index in [-0.39, 0.29) is 41.1 Å². The van der Waals surface area contributed by atoms with Crippen molar-refractivity contribution >= 4 is 31.6 Å². The van der Waals surface area contributed by atoms with Gasteiger partial charge in [0.05, 0.1) is 16.2 Å².